The first-order chi connectivity index (χ1) is 5.70. The Bertz CT molecular complexity index is 197. The number of halogens is 2. The highest BCUT2D eigenvalue weighted by atomic mass is 79.9. The first-order valence-electron chi connectivity index (χ1n) is 3.62. The highest BCUT2D eigenvalue weighted by molar-refractivity contribution is 9.11. The van der Waals surface area contributed by atoms with E-state index >= 15 is 0 Å². The van der Waals surface area contributed by atoms with Crippen LogP contribution in [-0.2, 0) is 4.79 Å². The highest BCUT2D eigenvalue weighted by Crippen LogP contribution is 2.09. The molecule has 0 radical (unpaired) electrons. The summed E-state index contributed by atoms with van der Waals surface area (Å²) in [5.74, 6) is 1.79. The van der Waals surface area contributed by atoms with Crippen molar-refractivity contribution in [3.63, 3.8) is 0 Å². The summed E-state index contributed by atoms with van der Waals surface area (Å²) in [7, 11) is 0. The van der Waals surface area contributed by atoms with Crippen molar-refractivity contribution in [2.75, 3.05) is 18.2 Å². The molecule has 3 nitrogen and oxygen atoms in total. The lowest BCUT2D eigenvalue weighted by Gasteiger charge is -2.09. The van der Waals surface area contributed by atoms with E-state index in [1.54, 1.807) is 11.8 Å². The number of rotatable bonds is 3. The van der Waals surface area contributed by atoms with Gasteiger partial charge in [-0.25, -0.2) is 0 Å². The number of carbonyl (C=O) groups is 1. The minimum Gasteiger partial charge on any atom is -0.350 e. The van der Waals surface area contributed by atoms with E-state index in [9.17, 15) is 4.79 Å². The van der Waals surface area contributed by atoms with Gasteiger partial charge in [-0.05, 0) is 0 Å². The van der Waals surface area contributed by atoms with E-state index in [4.69, 9.17) is 0 Å². The van der Waals surface area contributed by atoms with Gasteiger partial charge in [-0.2, -0.15) is 0 Å². The lowest BCUT2D eigenvalue weighted by atomic mass is 10.3. The summed E-state index contributed by atoms with van der Waals surface area (Å²) in [6, 6.07) is -0.0261. The van der Waals surface area contributed by atoms with Crippen LogP contribution in [0.25, 0.3) is 0 Å². The molecular formula is C7H12BrClN2OS. The van der Waals surface area contributed by atoms with Gasteiger partial charge in [0.15, 0.2) is 0 Å². The van der Waals surface area contributed by atoms with E-state index in [0.29, 0.717) is 6.54 Å². The molecule has 2 N–H and O–H groups in total. The molecular weight excluding hydrogens is 276 g/mol. The summed E-state index contributed by atoms with van der Waals surface area (Å²) in [5.41, 5.74) is 0. The maximum Gasteiger partial charge on any atom is 0.238 e. The van der Waals surface area contributed by atoms with E-state index in [1.807, 2.05) is 0 Å². The maximum atomic E-state index is 11.3. The van der Waals surface area contributed by atoms with E-state index < -0.39 is 0 Å². The second kappa shape index (κ2) is 6.70. The molecule has 1 aliphatic heterocycles. The molecule has 13 heavy (non-hydrogen) atoms. The van der Waals surface area contributed by atoms with Gasteiger partial charge in [-0.3, -0.25) is 10.1 Å². The molecule has 1 heterocycles. The van der Waals surface area contributed by atoms with Crippen LogP contribution in [0.3, 0.4) is 0 Å². The zero-order chi connectivity index (χ0) is 8.97. The van der Waals surface area contributed by atoms with Gasteiger partial charge < -0.3 is 5.32 Å². The predicted molar refractivity (Wildman–Crippen MR) is 62.6 cm³/mol. The third kappa shape index (κ3) is 4.90. The quantitative estimate of drug-likeness (QED) is 0.817. The van der Waals surface area contributed by atoms with E-state index in [2.05, 4.69) is 33.1 Å². The average Bonchev–Trinajstić information content (AvgIpc) is 2.51. The number of hydrogen-bond acceptors (Lipinski definition) is 3. The largest absolute Gasteiger partial charge is 0.350 e. The fraction of sp³-hybridized carbons (Fsp3) is 0.571. The topological polar surface area (TPSA) is 41.1 Å². The number of carbonyl (C=O) groups excluding carboxylic acids is 1. The van der Waals surface area contributed by atoms with E-state index in [1.165, 1.54) is 0 Å². The minimum absolute atomic E-state index is 0. The van der Waals surface area contributed by atoms with Gasteiger partial charge in [0.25, 0.3) is 0 Å². The Morgan fingerprint density at radius 1 is 1.77 bits per heavy atom. The Balaban J connectivity index is 0.00000144. The minimum atomic E-state index is -0.0261. The lowest BCUT2D eigenvalue weighted by molar-refractivity contribution is -0.122. The molecule has 0 bridgehead atoms. The summed E-state index contributed by atoms with van der Waals surface area (Å²) in [5, 5.41) is 5.85. The van der Waals surface area contributed by atoms with Crippen LogP contribution in [0, 0.1) is 0 Å². The zero-order valence-corrected chi connectivity index (χ0v) is 10.2. The summed E-state index contributed by atoms with van der Waals surface area (Å²) in [6.45, 7) is 4.13. The Labute approximate surface area is 96.6 Å². The van der Waals surface area contributed by atoms with Crippen molar-refractivity contribution in [3.05, 3.63) is 11.1 Å². The second-order valence-corrected chi connectivity index (χ2v) is 4.66. The Hall–Kier alpha value is 0.290. The third-order valence-corrected chi connectivity index (χ3v) is 2.71. The smallest absolute Gasteiger partial charge is 0.238 e. The average molecular weight is 288 g/mol. The van der Waals surface area contributed by atoms with E-state index in [-0.39, 0.29) is 24.4 Å². The van der Waals surface area contributed by atoms with Gasteiger partial charge >= 0.3 is 0 Å². The molecule has 76 valence electrons. The molecule has 1 fully saturated rings. The molecule has 0 spiro atoms. The molecule has 1 amide bonds. The number of amides is 1. The Kier molecular flexibility index (Phi) is 6.85. The van der Waals surface area contributed by atoms with Gasteiger partial charge in [0.05, 0.1) is 6.04 Å². The molecule has 1 aliphatic rings. The van der Waals surface area contributed by atoms with Crippen LogP contribution >= 0.6 is 40.1 Å². The maximum absolute atomic E-state index is 11.3. The highest BCUT2D eigenvalue weighted by Gasteiger charge is 2.21. The molecule has 0 saturated carbocycles. The predicted octanol–water partition coefficient (Wildman–Crippen LogP) is 1.10. The summed E-state index contributed by atoms with van der Waals surface area (Å²) < 4.78 is 0.793. The van der Waals surface area contributed by atoms with Crippen molar-refractivity contribution >= 4 is 46.0 Å². The summed E-state index contributed by atoms with van der Waals surface area (Å²) in [4.78, 5) is 11.3. The van der Waals surface area contributed by atoms with Crippen LogP contribution < -0.4 is 10.6 Å². The van der Waals surface area contributed by atoms with Gasteiger partial charge in [-0.15, -0.1) is 24.2 Å². The monoisotopic (exact) mass is 286 g/mol. The van der Waals surface area contributed by atoms with Crippen LogP contribution in [0.5, 0.6) is 0 Å². The summed E-state index contributed by atoms with van der Waals surface area (Å²) >= 11 is 4.92. The Morgan fingerprint density at radius 3 is 2.92 bits per heavy atom. The zero-order valence-electron chi connectivity index (χ0n) is 7.01. The summed E-state index contributed by atoms with van der Waals surface area (Å²) in [6.07, 6.45) is 0. The van der Waals surface area contributed by atoms with Crippen molar-refractivity contribution in [2.24, 2.45) is 0 Å². The number of nitrogens with one attached hydrogen (secondary N) is 2. The molecule has 0 aromatic heterocycles. The second-order valence-electron chi connectivity index (χ2n) is 2.51. The van der Waals surface area contributed by atoms with Crippen molar-refractivity contribution < 1.29 is 4.79 Å². The van der Waals surface area contributed by atoms with Crippen molar-refractivity contribution in [1.82, 2.24) is 10.6 Å². The van der Waals surface area contributed by atoms with Crippen molar-refractivity contribution in [1.29, 1.82) is 0 Å². The molecule has 0 aliphatic carbocycles. The lowest BCUT2D eigenvalue weighted by Crippen LogP contribution is -2.42. The number of thioether (sulfide) groups is 1. The number of hydrogen-bond donors (Lipinski definition) is 2. The van der Waals surface area contributed by atoms with Crippen LogP contribution in [0.15, 0.2) is 11.1 Å². The standard InChI is InChI=1S/C7H11BrN2OS.ClH/c1-5(8)2-9-7(11)6-3-12-4-10-6;/h6,10H,1-4H2,(H,9,11);1H. The molecule has 1 unspecified atom stereocenters. The SMILES string of the molecule is C=C(Br)CNC(=O)C1CSCN1.Cl. The molecule has 1 saturated heterocycles. The Morgan fingerprint density at radius 2 is 2.46 bits per heavy atom. The van der Waals surface area contributed by atoms with Gasteiger partial charge in [0, 0.05) is 22.7 Å². The van der Waals surface area contributed by atoms with Gasteiger partial charge in [0.2, 0.25) is 5.91 Å². The normalized spacial score (nSPS) is 20.5. The van der Waals surface area contributed by atoms with Gasteiger partial charge in [0.1, 0.15) is 0 Å². The van der Waals surface area contributed by atoms with Gasteiger partial charge in [-0.1, -0.05) is 22.5 Å². The van der Waals surface area contributed by atoms with Crippen LogP contribution in [0.2, 0.25) is 0 Å². The fourth-order valence-corrected chi connectivity index (χ4v) is 1.95. The van der Waals surface area contributed by atoms with E-state index in [0.717, 1.165) is 16.1 Å². The molecule has 0 aromatic rings. The fourth-order valence-electron chi connectivity index (χ4n) is 0.870. The van der Waals surface area contributed by atoms with Crippen LogP contribution in [0.4, 0.5) is 0 Å². The van der Waals surface area contributed by atoms with Crippen molar-refractivity contribution in [3.8, 4) is 0 Å². The van der Waals surface area contributed by atoms with Crippen molar-refractivity contribution in [2.45, 2.75) is 6.04 Å². The molecule has 1 atom stereocenters. The van der Waals surface area contributed by atoms with Crippen LogP contribution in [-0.4, -0.2) is 30.1 Å². The first-order valence-corrected chi connectivity index (χ1v) is 5.57. The molecule has 1 rings (SSSR count). The third-order valence-electron chi connectivity index (χ3n) is 1.49. The molecule has 0 aromatic carbocycles. The van der Waals surface area contributed by atoms with Crippen LogP contribution in [0.1, 0.15) is 0 Å². The molecule has 6 heteroatoms. The first kappa shape index (κ1) is 13.3.